The minimum Gasteiger partial charge on any atom is -0.325 e. The maximum absolute atomic E-state index is 12.1. The van der Waals surface area contributed by atoms with E-state index in [1.54, 1.807) is 6.20 Å². The predicted octanol–water partition coefficient (Wildman–Crippen LogP) is 2.70. The molecule has 4 heteroatoms. The maximum atomic E-state index is 12.1. The summed E-state index contributed by atoms with van der Waals surface area (Å²) in [5, 5.41) is 2.86. The summed E-state index contributed by atoms with van der Waals surface area (Å²) in [6.07, 6.45) is 5.76. The Bertz CT molecular complexity index is 505. The zero-order valence-corrected chi connectivity index (χ0v) is 13.2. The molecule has 0 aromatic heterocycles. The van der Waals surface area contributed by atoms with Gasteiger partial charge in [0.1, 0.15) is 0 Å². The number of aryl methyl sites for hydroxylation is 1. The van der Waals surface area contributed by atoms with Gasteiger partial charge in [0.05, 0.1) is 0 Å². The van der Waals surface area contributed by atoms with Crippen LogP contribution in [-0.4, -0.2) is 49.1 Å². The molecule has 0 spiro atoms. The molecular formula is C17H25N3O. The zero-order chi connectivity index (χ0) is 15.2. The van der Waals surface area contributed by atoms with Crippen LogP contribution in [0.25, 0.3) is 6.08 Å². The summed E-state index contributed by atoms with van der Waals surface area (Å²) in [5.74, 6) is 0. The van der Waals surface area contributed by atoms with E-state index >= 15 is 0 Å². The normalized spacial score (nSPS) is 17.1. The molecule has 114 valence electrons. The summed E-state index contributed by atoms with van der Waals surface area (Å²) in [6.45, 7) is 4.18. The second-order valence-corrected chi connectivity index (χ2v) is 5.78. The average molecular weight is 287 g/mol. The SMILES string of the molecule is Cc1ccccc1/C=C/NC(=O)N(C)C1CCN(C)CC1. The van der Waals surface area contributed by atoms with Gasteiger partial charge in [0.25, 0.3) is 0 Å². The smallest absolute Gasteiger partial charge is 0.321 e. The van der Waals surface area contributed by atoms with E-state index in [9.17, 15) is 4.79 Å². The molecule has 4 nitrogen and oxygen atoms in total. The van der Waals surface area contributed by atoms with Crippen LogP contribution in [0.3, 0.4) is 0 Å². The van der Waals surface area contributed by atoms with Crippen LogP contribution in [0.4, 0.5) is 4.79 Å². The Kier molecular flexibility index (Phi) is 5.39. The molecule has 0 atom stereocenters. The molecule has 0 radical (unpaired) electrons. The maximum Gasteiger partial charge on any atom is 0.321 e. The van der Waals surface area contributed by atoms with Gasteiger partial charge in [-0.2, -0.15) is 0 Å². The Hall–Kier alpha value is -1.81. The highest BCUT2D eigenvalue weighted by Crippen LogP contribution is 2.14. The van der Waals surface area contributed by atoms with Crippen LogP contribution in [-0.2, 0) is 0 Å². The quantitative estimate of drug-likeness (QED) is 0.928. The predicted molar refractivity (Wildman–Crippen MR) is 87.0 cm³/mol. The fourth-order valence-electron chi connectivity index (χ4n) is 2.63. The first-order chi connectivity index (χ1) is 10.1. The van der Waals surface area contributed by atoms with Crippen LogP contribution in [0.15, 0.2) is 30.5 Å². The average Bonchev–Trinajstić information content (AvgIpc) is 2.49. The topological polar surface area (TPSA) is 35.6 Å². The van der Waals surface area contributed by atoms with Gasteiger partial charge in [-0.25, -0.2) is 4.79 Å². The largest absolute Gasteiger partial charge is 0.325 e. The standard InChI is InChI=1S/C17H25N3O/c1-14-6-4-5-7-15(14)8-11-18-17(21)20(3)16-9-12-19(2)13-10-16/h4-8,11,16H,9-10,12-13H2,1-3H3,(H,18,21)/b11-8+. The van der Waals surface area contributed by atoms with Crippen molar-refractivity contribution >= 4 is 12.1 Å². The van der Waals surface area contributed by atoms with E-state index in [0.29, 0.717) is 6.04 Å². The first-order valence-electron chi connectivity index (χ1n) is 7.52. The lowest BCUT2D eigenvalue weighted by atomic mass is 10.0. The van der Waals surface area contributed by atoms with Gasteiger partial charge in [-0.05, 0) is 57.1 Å². The second kappa shape index (κ2) is 7.27. The molecule has 0 saturated carbocycles. The third-order valence-corrected chi connectivity index (χ3v) is 4.21. The number of hydrogen-bond donors (Lipinski definition) is 1. The Morgan fingerprint density at radius 2 is 2.00 bits per heavy atom. The number of urea groups is 1. The van der Waals surface area contributed by atoms with Gasteiger partial charge >= 0.3 is 6.03 Å². The molecule has 2 rings (SSSR count). The number of carbonyl (C=O) groups is 1. The number of nitrogens with one attached hydrogen (secondary N) is 1. The van der Waals surface area contributed by atoms with Gasteiger partial charge in [0.15, 0.2) is 0 Å². The van der Waals surface area contributed by atoms with Crippen LogP contribution in [0.2, 0.25) is 0 Å². The molecular weight excluding hydrogens is 262 g/mol. The fourth-order valence-corrected chi connectivity index (χ4v) is 2.63. The number of hydrogen-bond acceptors (Lipinski definition) is 2. The highest BCUT2D eigenvalue weighted by Gasteiger charge is 2.23. The molecule has 1 aromatic carbocycles. The van der Waals surface area contributed by atoms with Crippen LogP contribution in [0.5, 0.6) is 0 Å². The van der Waals surface area contributed by atoms with E-state index in [4.69, 9.17) is 0 Å². The summed E-state index contributed by atoms with van der Waals surface area (Å²) in [6, 6.07) is 8.42. The number of nitrogens with zero attached hydrogens (tertiary/aromatic N) is 2. The number of piperidine rings is 1. The Morgan fingerprint density at radius 3 is 2.67 bits per heavy atom. The van der Waals surface area contributed by atoms with Crippen molar-refractivity contribution in [1.82, 2.24) is 15.1 Å². The number of rotatable bonds is 3. The molecule has 1 saturated heterocycles. The molecule has 0 unspecified atom stereocenters. The van der Waals surface area contributed by atoms with E-state index in [1.807, 2.05) is 36.2 Å². The molecule has 1 N–H and O–H groups in total. The summed E-state index contributed by atoms with van der Waals surface area (Å²) >= 11 is 0. The fraction of sp³-hybridized carbons (Fsp3) is 0.471. The van der Waals surface area contributed by atoms with Crippen molar-refractivity contribution in [2.24, 2.45) is 0 Å². The molecule has 2 amide bonds. The van der Waals surface area contributed by atoms with Crippen molar-refractivity contribution in [2.75, 3.05) is 27.2 Å². The van der Waals surface area contributed by atoms with E-state index in [2.05, 4.69) is 30.3 Å². The molecule has 0 aliphatic carbocycles. The van der Waals surface area contributed by atoms with Gasteiger partial charge in [0, 0.05) is 19.3 Å². The van der Waals surface area contributed by atoms with Crippen molar-refractivity contribution in [1.29, 1.82) is 0 Å². The van der Waals surface area contributed by atoms with Gasteiger partial charge in [-0.3, -0.25) is 0 Å². The van der Waals surface area contributed by atoms with Gasteiger partial charge < -0.3 is 15.1 Å². The third-order valence-electron chi connectivity index (χ3n) is 4.21. The highest BCUT2D eigenvalue weighted by molar-refractivity contribution is 5.76. The first kappa shape index (κ1) is 15.6. The van der Waals surface area contributed by atoms with Gasteiger partial charge in [0.2, 0.25) is 0 Å². The van der Waals surface area contributed by atoms with Crippen molar-refractivity contribution in [3.8, 4) is 0 Å². The van der Waals surface area contributed by atoms with E-state index in [-0.39, 0.29) is 6.03 Å². The highest BCUT2D eigenvalue weighted by atomic mass is 16.2. The minimum atomic E-state index is -0.0330. The Balaban J connectivity index is 1.85. The molecule has 0 bridgehead atoms. The molecule has 1 aliphatic rings. The van der Waals surface area contributed by atoms with Crippen LogP contribution in [0.1, 0.15) is 24.0 Å². The van der Waals surface area contributed by atoms with Crippen LogP contribution < -0.4 is 5.32 Å². The lowest BCUT2D eigenvalue weighted by Crippen LogP contribution is -2.47. The monoisotopic (exact) mass is 287 g/mol. The molecule has 21 heavy (non-hydrogen) atoms. The number of likely N-dealkylation sites (tertiary alicyclic amines) is 1. The van der Waals surface area contributed by atoms with Crippen molar-refractivity contribution < 1.29 is 4.79 Å². The number of benzene rings is 1. The number of amides is 2. The Labute approximate surface area is 127 Å². The summed E-state index contributed by atoms with van der Waals surface area (Å²) in [7, 11) is 4.01. The summed E-state index contributed by atoms with van der Waals surface area (Å²) in [4.78, 5) is 16.3. The zero-order valence-electron chi connectivity index (χ0n) is 13.2. The lowest BCUT2D eigenvalue weighted by Gasteiger charge is -2.34. The minimum absolute atomic E-state index is 0.0330. The van der Waals surface area contributed by atoms with Crippen molar-refractivity contribution in [3.63, 3.8) is 0 Å². The van der Waals surface area contributed by atoms with E-state index in [1.165, 1.54) is 5.56 Å². The first-order valence-corrected chi connectivity index (χ1v) is 7.52. The summed E-state index contributed by atoms with van der Waals surface area (Å²) in [5.41, 5.74) is 2.33. The molecule has 1 heterocycles. The number of carbonyl (C=O) groups excluding carboxylic acids is 1. The van der Waals surface area contributed by atoms with Gasteiger partial charge in [-0.15, -0.1) is 0 Å². The van der Waals surface area contributed by atoms with Gasteiger partial charge in [-0.1, -0.05) is 24.3 Å². The van der Waals surface area contributed by atoms with Crippen LogP contribution >= 0.6 is 0 Å². The van der Waals surface area contributed by atoms with Crippen molar-refractivity contribution in [2.45, 2.75) is 25.8 Å². The summed E-state index contributed by atoms with van der Waals surface area (Å²) < 4.78 is 0. The van der Waals surface area contributed by atoms with E-state index < -0.39 is 0 Å². The molecule has 1 fully saturated rings. The Morgan fingerprint density at radius 1 is 1.33 bits per heavy atom. The lowest BCUT2D eigenvalue weighted by molar-refractivity contribution is 0.150. The second-order valence-electron chi connectivity index (χ2n) is 5.78. The van der Waals surface area contributed by atoms with E-state index in [0.717, 1.165) is 31.5 Å². The molecule has 1 aliphatic heterocycles. The van der Waals surface area contributed by atoms with Crippen LogP contribution in [0, 0.1) is 6.92 Å². The van der Waals surface area contributed by atoms with Crippen molar-refractivity contribution in [3.05, 3.63) is 41.6 Å². The third kappa shape index (κ3) is 4.33. The molecule has 1 aromatic rings.